The molecule has 0 aliphatic rings. The van der Waals surface area contributed by atoms with E-state index in [1.165, 1.54) is 0 Å². The summed E-state index contributed by atoms with van der Waals surface area (Å²) in [5, 5.41) is 2.93. The summed E-state index contributed by atoms with van der Waals surface area (Å²) in [7, 11) is 0. The number of nitrogens with one attached hydrogen (secondary N) is 1. The molecule has 0 fully saturated rings. The van der Waals surface area contributed by atoms with Crippen LogP contribution in [0.5, 0.6) is 0 Å². The summed E-state index contributed by atoms with van der Waals surface area (Å²) in [5.74, 6) is -0.0950. The van der Waals surface area contributed by atoms with Crippen LogP contribution in [0.3, 0.4) is 0 Å². The largest absolute Gasteiger partial charge is 0.399 e. The fourth-order valence-corrected chi connectivity index (χ4v) is 2.41. The van der Waals surface area contributed by atoms with Gasteiger partial charge in [-0.05, 0) is 59.1 Å². The van der Waals surface area contributed by atoms with Crippen molar-refractivity contribution in [1.29, 1.82) is 0 Å². The number of carbonyl (C=O) groups excluding carboxylic acids is 1. The quantitative estimate of drug-likeness (QED) is 0.844. The standard InChI is InChI=1S/C16H17BrN2O/c1-10-6-7-14(17)13(8-10)16(20)19-9-12-4-3-5-15(18)11(12)2/h3-8H,9,18H2,1-2H3,(H,19,20). The Labute approximate surface area is 127 Å². The van der Waals surface area contributed by atoms with Gasteiger partial charge in [-0.15, -0.1) is 0 Å². The number of halogens is 1. The van der Waals surface area contributed by atoms with Crippen LogP contribution in [0.25, 0.3) is 0 Å². The Kier molecular flexibility index (Phi) is 4.45. The van der Waals surface area contributed by atoms with Crippen LogP contribution in [0.15, 0.2) is 40.9 Å². The van der Waals surface area contributed by atoms with Crippen molar-refractivity contribution in [2.75, 3.05) is 5.73 Å². The van der Waals surface area contributed by atoms with Crippen molar-refractivity contribution >= 4 is 27.5 Å². The molecule has 2 aromatic carbocycles. The molecular formula is C16H17BrN2O. The van der Waals surface area contributed by atoms with Gasteiger partial charge in [0.15, 0.2) is 0 Å². The Morgan fingerprint density at radius 2 is 2.00 bits per heavy atom. The topological polar surface area (TPSA) is 55.1 Å². The normalized spacial score (nSPS) is 10.3. The molecule has 20 heavy (non-hydrogen) atoms. The van der Waals surface area contributed by atoms with E-state index in [4.69, 9.17) is 5.73 Å². The van der Waals surface area contributed by atoms with Crippen molar-refractivity contribution in [3.8, 4) is 0 Å². The molecule has 104 valence electrons. The molecule has 0 saturated carbocycles. The zero-order valence-electron chi connectivity index (χ0n) is 11.5. The predicted molar refractivity (Wildman–Crippen MR) is 85.6 cm³/mol. The first-order valence-corrected chi connectivity index (χ1v) is 7.16. The molecule has 2 aromatic rings. The van der Waals surface area contributed by atoms with Gasteiger partial charge < -0.3 is 11.1 Å². The van der Waals surface area contributed by atoms with Gasteiger partial charge in [-0.25, -0.2) is 0 Å². The number of nitrogen functional groups attached to an aromatic ring is 1. The molecule has 0 unspecified atom stereocenters. The Bertz CT molecular complexity index is 653. The summed E-state index contributed by atoms with van der Waals surface area (Å²) >= 11 is 3.40. The van der Waals surface area contributed by atoms with E-state index in [1.807, 2.05) is 50.2 Å². The average Bonchev–Trinajstić information content (AvgIpc) is 2.43. The summed E-state index contributed by atoms with van der Waals surface area (Å²) in [6.45, 7) is 4.39. The van der Waals surface area contributed by atoms with Crippen molar-refractivity contribution in [2.24, 2.45) is 0 Å². The van der Waals surface area contributed by atoms with E-state index in [2.05, 4.69) is 21.2 Å². The van der Waals surface area contributed by atoms with Crippen molar-refractivity contribution in [3.63, 3.8) is 0 Å². The zero-order chi connectivity index (χ0) is 14.7. The van der Waals surface area contributed by atoms with Gasteiger partial charge in [-0.1, -0.05) is 23.8 Å². The number of rotatable bonds is 3. The van der Waals surface area contributed by atoms with E-state index >= 15 is 0 Å². The summed E-state index contributed by atoms with van der Waals surface area (Å²) in [6.07, 6.45) is 0. The number of hydrogen-bond acceptors (Lipinski definition) is 2. The zero-order valence-corrected chi connectivity index (χ0v) is 13.1. The third-order valence-corrected chi connectivity index (χ3v) is 3.99. The SMILES string of the molecule is Cc1ccc(Br)c(C(=O)NCc2cccc(N)c2C)c1. The second kappa shape index (κ2) is 6.09. The molecule has 1 amide bonds. The molecule has 0 heterocycles. The lowest BCUT2D eigenvalue weighted by molar-refractivity contribution is 0.0950. The van der Waals surface area contributed by atoms with E-state index in [0.717, 1.165) is 26.9 Å². The highest BCUT2D eigenvalue weighted by Gasteiger charge is 2.10. The fraction of sp³-hybridized carbons (Fsp3) is 0.188. The Balaban J connectivity index is 2.13. The highest BCUT2D eigenvalue weighted by atomic mass is 79.9. The van der Waals surface area contributed by atoms with Crippen LogP contribution >= 0.6 is 15.9 Å². The average molecular weight is 333 g/mol. The third-order valence-electron chi connectivity index (χ3n) is 3.29. The van der Waals surface area contributed by atoms with Gasteiger partial charge in [0.1, 0.15) is 0 Å². The maximum atomic E-state index is 12.2. The minimum atomic E-state index is -0.0950. The molecule has 0 aliphatic carbocycles. The minimum Gasteiger partial charge on any atom is -0.399 e. The highest BCUT2D eigenvalue weighted by molar-refractivity contribution is 9.10. The lowest BCUT2D eigenvalue weighted by Crippen LogP contribution is -2.23. The van der Waals surface area contributed by atoms with Gasteiger partial charge in [0.2, 0.25) is 0 Å². The first-order chi connectivity index (χ1) is 9.49. The van der Waals surface area contributed by atoms with Crippen LogP contribution < -0.4 is 11.1 Å². The van der Waals surface area contributed by atoms with Crippen LogP contribution in [0.2, 0.25) is 0 Å². The van der Waals surface area contributed by atoms with E-state index in [1.54, 1.807) is 0 Å². The molecule has 4 heteroatoms. The molecule has 0 saturated heterocycles. The summed E-state index contributed by atoms with van der Waals surface area (Å²) in [5.41, 5.74) is 10.3. The molecule has 0 atom stereocenters. The smallest absolute Gasteiger partial charge is 0.252 e. The number of nitrogens with two attached hydrogens (primary N) is 1. The second-order valence-corrected chi connectivity index (χ2v) is 5.65. The first-order valence-electron chi connectivity index (χ1n) is 6.37. The highest BCUT2D eigenvalue weighted by Crippen LogP contribution is 2.19. The molecular weight excluding hydrogens is 316 g/mol. The number of carbonyl (C=O) groups is 1. The number of anilines is 1. The number of aryl methyl sites for hydroxylation is 1. The molecule has 0 bridgehead atoms. The Hall–Kier alpha value is -1.81. The van der Waals surface area contributed by atoms with Crippen LogP contribution in [-0.2, 0) is 6.54 Å². The van der Waals surface area contributed by atoms with Gasteiger partial charge in [0.05, 0.1) is 5.56 Å². The summed E-state index contributed by atoms with van der Waals surface area (Å²) < 4.78 is 0.796. The monoisotopic (exact) mass is 332 g/mol. The molecule has 0 spiro atoms. The third kappa shape index (κ3) is 3.20. The first kappa shape index (κ1) is 14.6. The van der Waals surface area contributed by atoms with E-state index < -0.39 is 0 Å². The molecule has 0 radical (unpaired) electrons. The fourth-order valence-electron chi connectivity index (χ4n) is 1.98. The van der Waals surface area contributed by atoms with Gasteiger partial charge in [0, 0.05) is 16.7 Å². The number of hydrogen-bond donors (Lipinski definition) is 2. The summed E-state index contributed by atoms with van der Waals surface area (Å²) in [4.78, 5) is 12.2. The van der Waals surface area contributed by atoms with Gasteiger partial charge in [-0.3, -0.25) is 4.79 Å². The molecule has 0 aromatic heterocycles. The molecule has 0 aliphatic heterocycles. The van der Waals surface area contributed by atoms with Crippen molar-refractivity contribution < 1.29 is 4.79 Å². The number of benzene rings is 2. The lowest BCUT2D eigenvalue weighted by atomic mass is 10.1. The molecule has 3 nitrogen and oxygen atoms in total. The molecule has 2 rings (SSSR count). The Morgan fingerprint density at radius 1 is 1.25 bits per heavy atom. The molecule has 3 N–H and O–H groups in total. The summed E-state index contributed by atoms with van der Waals surface area (Å²) in [6, 6.07) is 11.4. The van der Waals surface area contributed by atoms with Crippen LogP contribution in [0, 0.1) is 13.8 Å². The lowest BCUT2D eigenvalue weighted by Gasteiger charge is -2.11. The Morgan fingerprint density at radius 3 is 2.75 bits per heavy atom. The maximum absolute atomic E-state index is 12.2. The number of amides is 1. The van der Waals surface area contributed by atoms with Crippen molar-refractivity contribution in [2.45, 2.75) is 20.4 Å². The van der Waals surface area contributed by atoms with Gasteiger partial charge in [-0.2, -0.15) is 0 Å². The van der Waals surface area contributed by atoms with Crippen LogP contribution in [0.4, 0.5) is 5.69 Å². The van der Waals surface area contributed by atoms with Crippen molar-refractivity contribution in [3.05, 3.63) is 63.1 Å². The van der Waals surface area contributed by atoms with E-state index in [-0.39, 0.29) is 5.91 Å². The van der Waals surface area contributed by atoms with Gasteiger partial charge >= 0.3 is 0 Å². The maximum Gasteiger partial charge on any atom is 0.252 e. The van der Waals surface area contributed by atoms with Crippen LogP contribution in [-0.4, -0.2) is 5.91 Å². The van der Waals surface area contributed by atoms with Crippen molar-refractivity contribution in [1.82, 2.24) is 5.32 Å². The van der Waals surface area contributed by atoms with E-state index in [9.17, 15) is 4.79 Å². The van der Waals surface area contributed by atoms with Gasteiger partial charge in [0.25, 0.3) is 5.91 Å². The van der Waals surface area contributed by atoms with Crippen LogP contribution in [0.1, 0.15) is 27.0 Å². The minimum absolute atomic E-state index is 0.0950. The van der Waals surface area contributed by atoms with E-state index in [0.29, 0.717) is 12.1 Å². The predicted octanol–water partition coefficient (Wildman–Crippen LogP) is 3.58. The second-order valence-electron chi connectivity index (χ2n) is 4.80.